The van der Waals surface area contributed by atoms with Crippen LogP contribution in [0.25, 0.3) is 11.1 Å². The molecule has 7 nitrogen and oxygen atoms in total. The fraction of sp³-hybridized carbons (Fsp3) is 0.292. The molecule has 2 amide bonds. The van der Waals surface area contributed by atoms with E-state index in [0.717, 1.165) is 22.3 Å². The minimum atomic E-state index is -0.941. The molecule has 2 aromatic carbocycles. The number of alkyl carbamates (subject to hydrolysis) is 1. The van der Waals surface area contributed by atoms with Crippen molar-refractivity contribution in [1.29, 1.82) is 0 Å². The van der Waals surface area contributed by atoms with Crippen LogP contribution in [0.3, 0.4) is 0 Å². The van der Waals surface area contributed by atoms with E-state index in [0.29, 0.717) is 6.42 Å². The highest BCUT2D eigenvalue weighted by Crippen LogP contribution is 2.44. The number of carboxylic acid groups (broad SMARTS) is 1. The number of benzene rings is 2. The van der Waals surface area contributed by atoms with Gasteiger partial charge in [-0.3, -0.25) is 9.59 Å². The molecule has 0 aliphatic heterocycles. The Bertz CT molecular complexity index is 940. The number of hydrogen-bond acceptors (Lipinski definition) is 4. The number of carboxylic acids is 1. The van der Waals surface area contributed by atoms with E-state index < -0.39 is 23.9 Å². The van der Waals surface area contributed by atoms with Crippen LogP contribution in [0.15, 0.2) is 60.7 Å². The number of ether oxygens (including phenoxy) is 1. The average Bonchev–Trinajstić information content (AvgIpc) is 3.09. The molecule has 3 N–H and O–H groups in total. The largest absolute Gasteiger partial charge is 0.481 e. The van der Waals surface area contributed by atoms with Crippen LogP contribution in [0.5, 0.6) is 0 Å². The number of hydrogen-bond donors (Lipinski definition) is 3. The molecule has 1 unspecified atom stereocenters. The Balaban J connectivity index is 1.44. The molecule has 0 saturated heterocycles. The van der Waals surface area contributed by atoms with Crippen molar-refractivity contribution in [2.75, 3.05) is 19.7 Å². The first-order chi connectivity index (χ1) is 15.0. The summed E-state index contributed by atoms with van der Waals surface area (Å²) in [4.78, 5) is 34.7. The van der Waals surface area contributed by atoms with Crippen LogP contribution in [0, 0.1) is 5.92 Å². The lowest BCUT2D eigenvalue weighted by atomic mass is 9.98. The van der Waals surface area contributed by atoms with Gasteiger partial charge in [0.15, 0.2) is 0 Å². The van der Waals surface area contributed by atoms with Crippen LogP contribution in [-0.2, 0) is 14.3 Å². The molecule has 3 rings (SSSR count). The number of nitrogens with one attached hydrogen (secondary N) is 2. The van der Waals surface area contributed by atoms with Crippen LogP contribution in [0.1, 0.15) is 30.4 Å². The van der Waals surface area contributed by atoms with Gasteiger partial charge >= 0.3 is 12.1 Å². The van der Waals surface area contributed by atoms with Gasteiger partial charge in [0.05, 0.1) is 5.92 Å². The Hall–Kier alpha value is -3.61. The summed E-state index contributed by atoms with van der Waals surface area (Å²) >= 11 is 0. The van der Waals surface area contributed by atoms with Crippen LogP contribution < -0.4 is 10.6 Å². The van der Waals surface area contributed by atoms with E-state index in [1.807, 2.05) is 24.3 Å². The second kappa shape index (κ2) is 10.4. The number of amides is 2. The fourth-order valence-corrected chi connectivity index (χ4v) is 3.65. The van der Waals surface area contributed by atoms with E-state index in [1.165, 1.54) is 12.2 Å². The van der Waals surface area contributed by atoms with Crippen molar-refractivity contribution < 1.29 is 24.2 Å². The first-order valence-corrected chi connectivity index (χ1v) is 10.3. The highest BCUT2D eigenvalue weighted by Gasteiger charge is 2.28. The number of carbonyl (C=O) groups is 3. The quantitative estimate of drug-likeness (QED) is 0.538. The van der Waals surface area contributed by atoms with Crippen molar-refractivity contribution >= 4 is 18.0 Å². The second-order valence-corrected chi connectivity index (χ2v) is 7.30. The molecule has 0 radical (unpaired) electrons. The first-order valence-electron chi connectivity index (χ1n) is 10.3. The zero-order valence-electron chi connectivity index (χ0n) is 17.3. The Morgan fingerprint density at radius 3 is 2.23 bits per heavy atom. The number of aliphatic carboxylic acids is 1. The van der Waals surface area contributed by atoms with Gasteiger partial charge in [0.1, 0.15) is 6.61 Å². The molecular formula is C24H26N2O5. The van der Waals surface area contributed by atoms with Crippen molar-refractivity contribution in [2.24, 2.45) is 5.92 Å². The molecule has 1 aliphatic rings. The topological polar surface area (TPSA) is 105 Å². The smallest absolute Gasteiger partial charge is 0.407 e. The van der Waals surface area contributed by atoms with E-state index in [4.69, 9.17) is 9.84 Å². The van der Waals surface area contributed by atoms with Gasteiger partial charge in [0.25, 0.3) is 0 Å². The molecule has 1 aliphatic carbocycles. The Labute approximate surface area is 181 Å². The maximum absolute atomic E-state index is 12.1. The molecule has 7 heteroatoms. The Morgan fingerprint density at radius 2 is 1.65 bits per heavy atom. The Kier molecular flexibility index (Phi) is 7.43. The molecule has 162 valence electrons. The standard InChI is InChI=1S/C24H26N2O5/c1-2-16(23(28)29)14-26-22(27)12-7-13-25-24(30)31-15-21-19-10-5-3-8-17(19)18-9-4-6-11-20(18)21/h3-12,16,21H,2,13-15H2,1H3,(H,25,30)(H,26,27)(H,28,29)/b12-7+. The van der Waals surface area contributed by atoms with Gasteiger partial charge in [-0.1, -0.05) is 61.5 Å². The van der Waals surface area contributed by atoms with Gasteiger partial charge in [-0.05, 0) is 28.7 Å². The van der Waals surface area contributed by atoms with Crippen molar-refractivity contribution in [3.63, 3.8) is 0 Å². The zero-order valence-corrected chi connectivity index (χ0v) is 17.3. The molecule has 0 spiro atoms. The van der Waals surface area contributed by atoms with Crippen LogP contribution in [0.2, 0.25) is 0 Å². The summed E-state index contributed by atoms with van der Waals surface area (Å²) in [5.74, 6) is -1.98. The van der Waals surface area contributed by atoms with Gasteiger partial charge in [-0.15, -0.1) is 0 Å². The van der Waals surface area contributed by atoms with Gasteiger partial charge in [-0.2, -0.15) is 0 Å². The summed E-state index contributed by atoms with van der Waals surface area (Å²) in [6.07, 6.45) is 2.61. The van der Waals surface area contributed by atoms with E-state index >= 15 is 0 Å². The normalized spacial score (nSPS) is 13.3. The predicted molar refractivity (Wildman–Crippen MR) is 117 cm³/mol. The third kappa shape index (κ3) is 5.51. The highest BCUT2D eigenvalue weighted by atomic mass is 16.5. The summed E-state index contributed by atoms with van der Waals surface area (Å²) in [6, 6.07) is 16.2. The fourth-order valence-electron chi connectivity index (χ4n) is 3.65. The predicted octanol–water partition coefficient (Wildman–Crippen LogP) is 3.31. The number of carbonyl (C=O) groups excluding carboxylic acids is 2. The van der Waals surface area contributed by atoms with Crippen LogP contribution in [0.4, 0.5) is 4.79 Å². The molecular weight excluding hydrogens is 396 g/mol. The third-order valence-corrected chi connectivity index (χ3v) is 5.34. The summed E-state index contributed by atoms with van der Waals surface area (Å²) in [5, 5.41) is 14.1. The lowest BCUT2D eigenvalue weighted by molar-refractivity contribution is -0.141. The van der Waals surface area contributed by atoms with Crippen molar-refractivity contribution in [3.05, 3.63) is 71.8 Å². The van der Waals surface area contributed by atoms with E-state index in [-0.39, 0.29) is 25.6 Å². The maximum atomic E-state index is 12.1. The van der Waals surface area contributed by atoms with Crippen molar-refractivity contribution in [1.82, 2.24) is 10.6 Å². The molecule has 0 bridgehead atoms. The highest BCUT2D eigenvalue weighted by molar-refractivity contribution is 5.88. The molecule has 0 saturated carbocycles. The lowest BCUT2D eigenvalue weighted by Gasteiger charge is -2.14. The first kappa shape index (κ1) is 22.1. The van der Waals surface area contributed by atoms with Crippen molar-refractivity contribution in [3.8, 4) is 11.1 Å². The van der Waals surface area contributed by atoms with E-state index in [2.05, 4.69) is 34.9 Å². The lowest BCUT2D eigenvalue weighted by Crippen LogP contribution is -2.31. The molecule has 2 aromatic rings. The minimum absolute atomic E-state index is 0.0137. The second-order valence-electron chi connectivity index (χ2n) is 7.30. The maximum Gasteiger partial charge on any atom is 0.407 e. The van der Waals surface area contributed by atoms with Gasteiger partial charge in [0, 0.05) is 25.1 Å². The van der Waals surface area contributed by atoms with Crippen LogP contribution >= 0.6 is 0 Å². The van der Waals surface area contributed by atoms with Crippen LogP contribution in [-0.4, -0.2) is 42.8 Å². The summed E-state index contributed by atoms with van der Waals surface area (Å²) in [6.45, 7) is 2.16. The van der Waals surface area contributed by atoms with Gasteiger partial charge in [0.2, 0.25) is 5.91 Å². The zero-order chi connectivity index (χ0) is 22.2. The SMILES string of the molecule is CCC(CNC(=O)/C=C/CNC(=O)OCC1c2ccccc2-c2ccccc21)C(=O)O. The third-order valence-electron chi connectivity index (χ3n) is 5.34. The molecule has 0 aromatic heterocycles. The number of fused-ring (bicyclic) bond motifs is 3. The molecule has 0 heterocycles. The van der Waals surface area contributed by atoms with E-state index in [9.17, 15) is 14.4 Å². The molecule has 0 fully saturated rings. The summed E-state index contributed by atoms with van der Waals surface area (Å²) < 4.78 is 5.42. The summed E-state index contributed by atoms with van der Waals surface area (Å²) in [7, 11) is 0. The monoisotopic (exact) mass is 422 g/mol. The molecule has 1 atom stereocenters. The van der Waals surface area contributed by atoms with E-state index in [1.54, 1.807) is 6.92 Å². The summed E-state index contributed by atoms with van der Waals surface area (Å²) in [5.41, 5.74) is 4.60. The van der Waals surface area contributed by atoms with Crippen molar-refractivity contribution in [2.45, 2.75) is 19.3 Å². The number of rotatable bonds is 9. The van der Waals surface area contributed by atoms with Gasteiger partial charge < -0.3 is 20.5 Å². The molecule has 31 heavy (non-hydrogen) atoms. The van der Waals surface area contributed by atoms with Gasteiger partial charge in [-0.25, -0.2) is 4.79 Å². The Morgan fingerprint density at radius 1 is 1.03 bits per heavy atom. The minimum Gasteiger partial charge on any atom is -0.481 e. The average molecular weight is 422 g/mol.